The largest absolute Gasteiger partial charge is 0.431 e. The number of aryl methyl sites for hydroxylation is 2. The number of nitrogens with two attached hydrogens (primary N) is 1. The molecule has 0 saturated heterocycles. The molecule has 2 rings (SSSR count). The van der Waals surface area contributed by atoms with Crippen molar-refractivity contribution in [2.24, 2.45) is 0 Å². The van der Waals surface area contributed by atoms with Gasteiger partial charge in [-0.2, -0.15) is 4.98 Å². The van der Waals surface area contributed by atoms with Gasteiger partial charge in [0, 0.05) is 18.6 Å². The zero-order valence-corrected chi connectivity index (χ0v) is 11.9. The van der Waals surface area contributed by atoms with E-state index < -0.39 is 4.92 Å². The highest BCUT2D eigenvalue weighted by molar-refractivity contribution is 5.53. The second-order valence-electron chi connectivity index (χ2n) is 4.58. The minimum atomic E-state index is -0.486. The number of rotatable bonds is 5. The first kappa shape index (κ1) is 14.7. The van der Waals surface area contributed by atoms with Crippen molar-refractivity contribution in [3.63, 3.8) is 0 Å². The SMILES string of the molecule is CCCc1nc(N)cc(Oc2c(C)cccc2[N+](=O)[O-])n1. The number of benzene rings is 1. The van der Waals surface area contributed by atoms with Crippen LogP contribution in [-0.4, -0.2) is 14.9 Å². The molecule has 0 bridgehead atoms. The molecule has 1 heterocycles. The Morgan fingerprint density at radius 3 is 2.81 bits per heavy atom. The summed E-state index contributed by atoms with van der Waals surface area (Å²) in [6, 6.07) is 6.19. The number of ether oxygens (including phenoxy) is 1. The zero-order valence-electron chi connectivity index (χ0n) is 11.9. The van der Waals surface area contributed by atoms with Crippen molar-refractivity contribution in [1.82, 2.24) is 9.97 Å². The molecule has 2 aromatic rings. The van der Waals surface area contributed by atoms with Gasteiger partial charge in [-0.05, 0) is 18.9 Å². The third kappa shape index (κ3) is 3.44. The number of nitro benzene ring substituents is 1. The van der Waals surface area contributed by atoms with Crippen LogP contribution in [-0.2, 0) is 6.42 Å². The summed E-state index contributed by atoms with van der Waals surface area (Å²) in [5, 5.41) is 11.1. The highest BCUT2D eigenvalue weighted by Crippen LogP contribution is 2.33. The van der Waals surface area contributed by atoms with E-state index in [0.29, 0.717) is 17.8 Å². The summed E-state index contributed by atoms with van der Waals surface area (Å²) in [5.41, 5.74) is 6.26. The third-order valence-electron chi connectivity index (χ3n) is 2.84. The zero-order chi connectivity index (χ0) is 15.4. The number of aromatic nitrogens is 2. The van der Waals surface area contributed by atoms with Crippen molar-refractivity contribution >= 4 is 11.5 Å². The van der Waals surface area contributed by atoms with E-state index >= 15 is 0 Å². The van der Waals surface area contributed by atoms with Gasteiger partial charge in [0.25, 0.3) is 0 Å². The summed E-state index contributed by atoms with van der Waals surface area (Å²) < 4.78 is 5.60. The maximum Gasteiger partial charge on any atom is 0.311 e. The molecule has 1 aromatic carbocycles. The molecule has 0 radical (unpaired) electrons. The number of hydrogen-bond acceptors (Lipinski definition) is 6. The van der Waals surface area contributed by atoms with E-state index in [1.807, 2.05) is 6.92 Å². The lowest BCUT2D eigenvalue weighted by molar-refractivity contribution is -0.385. The van der Waals surface area contributed by atoms with E-state index in [-0.39, 0.29) is 23.1 Å². The van der Waals surface area contributed by atoms with Gasteiger partial charge in [0.05, 0.1) is 4.92 Å². The Kier molecular flexibility index (Phi) is 4.32. The number of nitro groups is 1. The maximum absolute atomic E-state index is 11.1. The minimum Gasteiger partial charge on any atom is -0.431 e. The van der Waals surface area contributed by atoms with Gasteiger partial charge in [-0.25, -0.2) is 4.98 Å². The normalized spacial score (nSPS) is 10.4. The molecular weight excluding hydrogens is 272 g/mol. The van der Waals surface area contributed by atoms with Gasteiger partial charge in [0.2, 0.25) is 11.6 Å². The monoisotopic (exact) mass is 288 g/mol. The molecule has 0 amide bonds. The maximum atomic E-state index is 11.1. The lowest BCUT2D eigenvalue weighted by Gasteiger charge is -2.09. The van der Waals surface area contributed by atoms with Gasteiger partial charge in [-0.15, -0.1) is 0 Å². The minimum absolute atomic E-state index is 0.107. The van der Waals surface area contributed by atoms with Crippen molar-refractivity contribution < 1.29 is 9.66 Å². The Balaban J connectivity index is 2.40. The van der Waals surface area contributed by atoms with Crippen molar-refractivity contribution in [3.8, 4) is 11.6 Å². The van der Waals surface area contributed by atoms with Gasteiger partial charge >= 0.3 is 5.69 Å². The molecule has 0 spiro atoms. The number of anilines is 1. The van der Waals surface area contributed by atoms with Gasteiger partial charge in [-0.1, -0.05) is 19.1 Å². The lowest BCUT2D eigenvalue weighted by Crippen LogP contribution is -2.03. The Bertz CT molecular complexity index is 673. The average Bonchev–Trinajstić information content (AvgIpc) is 2.40. The van der Waals surface area contributed by atoms with Crippen molar-refractivity contribution in [2.45, 2.75) is 26.7 Å². The van der Waals surface area contributed by atoms with E-state index in [4.69, 9.17) is 10.5 Å². The summed E-state index contributed by atoms with van der Waals surface area (Å²) in [6.07, 6.45) is 1.53. The molecule has 7 nitrogen and oxygen atoms in total. The molecule has 0 fully saturated rings. The van der Waals surface area contributed by atoms with Crippen LogP contribution >= 0.6 is 0 Å². The molecule has 0 aliphatic rings. The van der Waals surface area contributed by atoms with Crippen molar-refractivity contribution in [1.29, 1.82) is 0 Å². The molecule has 2 N–H and O–H groups in total. The number of hydrogen-bond donors (Lipinski definition) is 1. The molecule has 0 unspecified atom stereocenters. The fourth-order valence-electron chi connectivity index (χ4n) is 1.90. The molecule has 0 aliphatic carbocycles. The smallest absolute Gasteiger partial charge is 0.311 e. The van der Waals surface area contributed by atoms with E-state index in [0.717, 1.165) is 6.42 Å². The summed E-state index contributed by atoms with van der Waals surface area (Å²) in [6.45, 7) is 3.74. The summed E-state index contributed by atoms with van der Waals surface area (Å²) >= 11 is 0. The fraction of sp³-hybridized carbons (Fsp3) is 0.286. The van der Waals surface area contributed by atoms with Crippen LogP contribution in [0.2, 0.25) is 0 Å². The molecular formula is C14H16N4O3. The summed E-state index contributed by atoms with van der Waals surface area (Å²) in [5.74, 6) is 1.22. The van der Waals surface area contributed by atoms with Crippen LogP contribution in [0.1, 0.15) is 24.7 Å². The first-order chi connectivity index (χ1) is 10.0. The van der Waals surface area contributed by atoms with E-state index in [2.05, 4.69) is 9.97 Å². The predicted octanol–water partition coefficient (Wildman–Crippen LogP) is 3.02. The van der Waals surface area contributed by atoms with Crippen LogP contribution in [0.3, 0.4) is 0 Å². The topological polar surface area (TPSA) is 104 Å². The molecule has 1 aromatic heterocycles. The highest BCUT2D eigenvalue weighted by Gasteiger charge is 2.18. The molecule has 0 atom stereocenters. The third-order valence-corrected chi connectivity index (χ3v) is 2.84. The Hall–Kier alpha value is -2.70. The van der Waals surface area contributed by atoms with Crippen LogP contribution < -0.4 is 10.5 Å². The van der Waals surface area contributed by atoms with E-state index in [1.54, 1.807) is 19.1 Å². The van der Waals surface area contributed by atoms with E-state index in [9.17, 15) is 10.1 Å². The van der Waals surface area contributed by atoms with Crippen LogP contribution in [0.5, 0.6) is 11.6 Å². The quantitative estimate of drug-likeness (QED) is 0.669. The van der Waals surface area contributed by atoms with E-state index in [1.165, 1.54) is 12.1 Å². The Labute approximate surface area is 121 Å². The second kappa shape index (κ2) is 6.17. The van der Waals surface area contributed by atoms with Gasteiger partial charge in [-0.3, -0.25) is 10.1 Å². The Morgan fingerprint density at radius 1 is 1.38 bits per heavy atom. The molecule has 0 saturated carbocycles. The van der Waals surface area contributed by atoms with Gasteiger partial charge in [0.1, 0.15) is 11.6 Å². The van der Waals surface area contributed by atoms with Crippen molar-refractivity contribution in [2.75, 3.05) is 5.73 Å². The van der Waals surface area contributed by atoms with Gasteiger partial charge in [0.15, 0.2) is 0 Å². The molecule has 7 heteroatoms. The average molecular weight is 288 g/mol. The lowest BCUT2D eigenvalue weighted by atomic mass is 10.2. The number of nitrogen functional groups attached to an aromatic ring is 1. The fourth-order valence-corrected chi connectivity index (χ4v) is 1.90. The highest BCUT2D eigenvalue weighted by atomic mass is 16.6. The standard InChI is InChI=1S/C14H16N4O3/c1-3-5-12-16-11(15)8-13(17-12)21-14-9(2)6-4-7-10(14)18(19)20/h4,6-8H,3,5H2,1-2H3,(H2,15,16,17). The predicted molar refractivity (Wildman–Crippen MR) is 78.3 cm³/mol. The number of nitrogens with zero attached hydrogens (tertiary/aromatic N) is 3. The van der Waals surface area contributed by atoms with Gasteiger partial charge < -0.3 is 10.5 Å². The molecule has 0 aliphatic heterocycles. The van der Waals surface area contributed by atoms with Crippen molar-refractivity contribution in [3.05, 3.63) is 45.8 Å². The van der Waals surface area contributed by atoms with Crippen LogP contribution in [0.4, 0.5) is 11.5 Å². The molecule has 21 heavy (non-hydrogen) atoms. The van der Waals surface area contributed by atoms with Crippen LogP contribution in [0.15, 0.2) is 24.3 Å². The van der Waals surface area contributed by atoms with Crippen LogP contribution in [0, 0.1) is 17.0 Å². The summed E-state index contributed by atoms with van der Waals surface area (Å²) in [7, 11) is 0. The first-order valence-electron chi connectivity index (χ1n) is 6.56. The number of para-hydroxylation sites is 1. The Morgan fingerprint density at radius 2 is 2.14 bits per heavy atom. The second-order valence-corrected chi connectivity index (χ2v) is 4.58. The first-order valence-corrected chi connectivity index (χ1v) is 6.56. The summed E-state index contributed by atoms with van der Waals surface area (Å²) in [4.78, 5) is 18.9. The van der Waals surface area contributed by atoms with Crippen LogP contribution in [0.25, 0.3) is 0 Å². The molecule has 110 valence electrons.